The summed E-state index contributed by atoms with van der Waals surface area (Å²) in [5.74, 6) is -0.0308. The van der Waals surface area contributed by atoms with Gasteiger partial charge in [-0.2, -0.15) is 0 Å². The summed E-state index contributed by atoms with van der Waals surface area (Å²) < 4.78 is 1.02. The number of amides is 1. The van der Waals surface area contributed by atoms with Crippen molar-refractivity contribution in [3.8, 4) is 0 Å². The van der Waals surface area contributed by atoms with Gasteiger partial charge in [-0.1, -0.05) is 6.07 Å². The van der Waals surface area contributed by atoms with E-state index in [1.165, 1.54) is 35.3 Å². The van der Waals surface area contributed by atoms with Crippen molar-refractivity contribution in [1.82, 2.24) is 0 Å². The molecule has 0 unspecified atom stereocenters. The molecule has 19 heavy (non-hydrogen) atoms. The van der Waals surface area contributed by atoms with Crippen LogP contribution in [-0.2, 0) is 12.8 Å². The van der Waals surface area contributed by atoms with Gasteiger partial charge in [0.25, 0.3) is 5.91 Å². The van der Waals surface area contributed by atoms with Gasteiger partial charge in [0.2, 0.25) is 0 Å². The largest absolute Gasteiger partial charge is 0.321 e. The lowest BCUT2D eigenvalue weighted by atomic mass is 10.1. The maximum Gasteiger partial charge on any atom is 0.265 e. The summed E-state index contributed by atoms with van der Waals surface area (Å²) in [5.41, 5.74) is 4.80. The molecule has 0 aliphatic heterocycles. The van der Waals surface area contributed by atoms with E-state index < -0.39 is 0 Å². The molecule has 3 rings (SSSR count). The number of aryl methyl sites for hydroxylation is 3. The van der Waals surface area contributed by atoms with Crippen LogP contribution in [0, 0.1) is 6.92 Å². The Morgan fingerprint density at radius 2 is 2.05 bits per heavy atom. The first kappa shape index (κ1) is 12.9. The molecule has 98 valence electrons. The summed E-state index contributed by atoms with van der Waals surface area (Å²) in [6.45, 7) is 1.99. The molecule has 4 heteroatoms. The van der Waals surface area contributed by atoms with Gasteiger partial charge in [-0.15, -0.1) is 11.3 Å². The van der Waals surface area contributed by atoms with Gasteiger partial charge in [0, 0.05) is 5.69 Å². The molecule has 1 heterocycles. The summed E-state index contributed by atoms with van der Waals surface area (Å²) in [5, 5.41) is 2.98. The van der Waals surface area contributed by atoms with E-state index >= 15 is 0 Å². The lowest BCUT2D eigenvalue weighted by Gasteiger charge is -2.06. The highest BCUT2D eigenvalue weighted by Crippen LogP contribution is 2.29. The third-order valence-corrected chi connectivity index (χ3v) is 5.57. The SMILES string of the molecule is Cc1cc(C(=O)Nc2ccc3c(c2)CCC3)sc1Br. The fraction of sp³-hybridized carbons (Fsp3) is 0.267. The van der Waals surface area contributed by atoms with Gasteiger partial charge in [0.15, 0.2) is 0 Å². The Morgan fingerprint density at radius 1 is 1.26 bits per heavy atom. The molecule has 1 aliphatic rings. The molecular weight excluding hydrogens is 322 g/mol. The van der Waals surface area contributed by atoms with Gasteiger partial charge in [-0.3, -0.25) is 4.79 Å². The number of rotatable bonds is 2. The third kappa shape index (κ3) is 2.60. The van der Waals surface area contributed by atoms with Crippen molar-refractivity contribution in [1.29, 1.82) is 0 Å². The van der Waals surface area contributed by atoms with E-state index in [9.17, 15) is 4.79 Å². The molecule has 0 saturated heterocycles. The van der Waals surface area contributed by atoms with Gasteiger partial charge in [-0.25, -0.2) is 0 Å². The molecular formula is C15H14BrNOS. The van der Waals surface area contributed by atoms with Gasteiger partial charge in [0.05, 0.1) is 8.66 Å². The van der Waals surface area contributed by atoms with E-state index in [1.807, 2.05) is 19.1 Å². The molecule has 0 fully saturated rings. The highest BCUT2D eigenvalue weighted by atomic mass is 79.9. The molecule has 0 atom stereocenters. The lowest BCUT2D eigenvalue weighted by molar-refractivity contribution is 0.103. The fourth-order valence-electron chi connectivity index (χ4n) is 2.41. The van der Waals surface area contributed by atoms with Crippen LogP contribution in [0.2, 0.25) is 0 Å². The van der Waals surface area contributed by atoms with Gasteiger partial charge in [-0.05, 0) is 77.0 Å². The van der Waals surface area contributed by atoms with Crippen LogP contribution in [0.25, 0.3) is 0 Å². The molecule has 1 N–H and O–H groups in total. The van der Waals surface area contributed by atoms with Crippen molar-refractivity contribution in [2.24, 2.45) is 0 Å². The summed E-state index contributed by atoms with van der Waals surface area (Å²) in [6, 6.07) is 8.15. The number of carbonyl (C=O) groups is 1. The minimum atomic E-state index is -0.0308. The van der Waals surface area contributed by atoms with Crippen LogP contribution < -0.4 is 5.32 Å². The zero-order chi connectivity index (χ0) is 13.4. The maximum atomic E-state index is 12.2. The average Bonchev–Trinajstić information content (AvgIpc) is 2.96. The number of thiophene rings is 1. The molecule has 0 bridgehead atoms. The second-order valence-corrected chi connectivity index (χ2v) is 7.23. The van der Waals surface area contributed by atoms with Crippen LogP contribution in [-0.4, -0.2) is 5.91 Å². The Kier molecular flexibility index (Phi) is 3.46. The average molecular weight is 336 g/mol. The highest BCUT2D eigenvalue weighted by Gasteiger charge is 2.14. The van der Waals surface area contributed by atoms with E-state index in [-0.39, 0.29) is 5.91 Å². The number of halogens is 1. The first-order valence-corrected chi connectivity index (χ1v) is 7.93. The minimum absolute atomic E-state index is 0.0308. The normalized spacial score (nSPS) is 13.4. The Hall–Kier alpha value is -1.13. The molecule has 0 spiro atoms. The van der Waals surface area contributed by atoms with Crippen molar-refractivity contribution < 1.29 is 4.79 Å². The smallest absolute Gasteiger partial charge is 0.265 e. The molecule has 1 aromatic heterocycles. The zero-order valence-corrected chi connectivity index (χ0v) is 13.0. The van der Waals surface area contributed by atoms with Gasteiger partial charge >= 0.3 is 0 Å². The van der Waals surface area contributed by atoms with Crippen LogP contribution in [0.1, 0.15) is 32.8 Å². The molecule has 2 aromatic rings. The fourth-order valence-corrected chi connectivity index (χ4v) is 3.84. The molecule has 1 amide bonds. The van der Waals surface area contributed by atoms with Crippen molar-refractivity contribution in [3.05, 3.63) is 49.6 Å². The second kappa shape index (κ2) is 5.10. The van der Waals surface area contributed by atoms with Crippen molar-refractivity contribution in [2.75, 3.05) is 5.32 Å². The molecule has 1 aliphatic carbocycles. The first-order chi connectivity index (χ1) is 9.13. The number of benzene rings is 1. The first-order valence-electron chi connectivity index (χ1n) is 6.32. The van der Waals surface area contributed by atoms with Crippen LogP contribution >= 0.6 is 27.3 Å². The molecule has 0 saturated carbocycles. The van der Waals surface area contributed by atoms with Crippen LogP contribution in [0.4, 0.5) is 5.69 Å². The standard InChI is InChI=1S/C15H14BrNOS/c1-9-7-13(19-14(9)16)15(18)17-12-6-5-10-3-2-4-11(10)8-12/h5-8H,2-4H2,1H3,(H,17,18). The van der Waals surface area contributed by atoms with E-state index in [0.717, 1.165) is 26.3 Å². The molecule has 0 radical (unpaired) electrons. The van der Waals surface area contributed by atoms with E-state index in [1.54, 1.807) is 0 Å². The minimum Gasteiger partial charge on any atom is -0.321 e. The topological polar surface area (TPSA) is 29.1 Å². The Balaban J connectivity index is 1.79. The van der Waals surface area contributed by atoms with E-state index in [4.69, 9.17) is 0 Å². The Bertz CT molecular complexity index is 628. The van der Waals surface area contributed by atoms with Crippen LogP contribution in [0.3, 0.4) is 0 Å². The predicted octanol–water partition coefficient (Wildman–Crippen LogP) is 4.56. The van der Waals surface area contributed by atoms with Crippen LogP contribution in [0.15, 0.2) is 28.1 Å². The Labute approximate surface area is 125 Å². The lowest BCUT2D eigenvalue weighted by Crippen LogP contribution is -2.10. The number of anilines is 1. The number of nitrogens with one attached hydrogen (secondary N) is 1. The zero-order valence-electron chi connectivity index (χ0n) is 10.6. The number of fused-ring (bicyclic) bond motifs is 1. The van der Waals surface area contributed by atoms with Gasteiger partial charge in [0.1, 0.15) is 0 Å². The van der Waals surface area contributed by atoms with Crippen molar-refractivity contribution in [2.45, 2.75) is 26.2 Å². The summed E-state index contributed by atoms with van der Waals surface area (Å²) in [4.78, 5) is 12.9. The molecule has 1 aromatic carbocycles. The van der Waals surface area contributed by atoms with Crippen molar-refractivity contribution >= 4 is 38.9 Å². The highest BCUT2D eigenvalue weighted by molar-refractivity contribution is 9.11. The third-order valence-electron chi connectivity index (χ3n) is 3.44. The summed E-state index contributed by atoms with van der Waals surface area (Å²) in [6.07, 6.45) is 3.52. The molecule has 2 nitrogen and oxygen atoms in total. The monoisotopic (exact) mass is 335 g/mol. The summed E-state index contributed by atoms with van der Waals surface area (Å²) >= 11 is 4.92. The predicted molar refractivity (Wildman–Crippen MR) is 83.2 cm³/mol. The number of hydrogen-bond acceptors (Lipinski definition) is 2. The number of hydrogen-bond donors (Lipinski definition) is 1. The van der Waals surface area contributed by atoms with E-state index in [0.29, 0.717) is 0 Å². The van der Waals surface area contributed by atoms with Crippen LogP contribution in [0.5, 0.6) is 0 Å². The number of carbonyl (C=O) groups excluding carboxylic acids is 1. The summed E-state index contributed by atoms with van der Waals surface area (Å²) in [7, 11) is 0. The Morgan fingerprint density at radius 3 is 2.79 bits per heavy atom. The maximum absolute atomic E-state index is 12.2. The van der Waals surface area contributed by atoms with E-state index in [2.05, 4.69) is 33.4 Å². The quantitative estimate of drug-likeness (QED) is 0.856. The van der Waals surface area contributed by atoms with Crippen molar-refractivity contribution in [3.63, 3.8) is 0 Å². The van der Waals surface area contributed by atoms with Gasteiger partial charge < -0.3 is 5.32 Å². The second-order valence-electron chi connectivity index (χ2n) is 4.86.